The predicted octanol–water partition coefficient (Wildman–Crippen LogP) is 18.0. The van der Waals surface area contributed by atoms with Gasteiger partial charge in [0.05, 0.1) is 22.4 Å². The van der Waals surface area contributed by atoms with Gasteiger partial charge in [-0.1, -0.05) is 188 Å². The molecule has 3 nitrogen and oxygen atoms in total. The molecule has 0 aliphatic heterocycles. The third-order valence-electron chi connectivity index (χ3n) is 13.4. The van der Waals surface area contributed by atoms with Gasteiger partial charge in [-0.15, -0.1) is 0 Å². The summed E-state index contributed by atoms with van der Waals surface area (Å²) >= 11 is 0. The molecule has 0 saturated heterocycles. The molecule has 314 valence electrons. The second-order valence-corrected chi connectivity index (χ2v) is 17.2. The van der Waals surface area contributed by atoms with Crippen LogP contribution in [0.4, 0.5) is 17.1 Å². The largest absolute Gasteiger partial charge is 0.456 e. The van der Waals surface area contributed by atoms with Crippen molar-refractivity contribution in [2.45, 2.75) is 0 Å². The van der Waals surface area contributed by atoms with Gasteiger partial charge in [-0.2, -0.15) is 0 Å². The zero-order chi connectivity index (χ0) is 44.3. The van der Waals surface area contributed by atoms with Gasteiger partial charge in [0, 0.05) is 44.0 Å². The lowest BCUT2D eigenvalue weighted by Crippen LogP contribution is -2.12. The van der Waals surface area contributed by atoms with Gasteiger partial charge in [-0.3, -0.25) is 0 Å². The van der Waals surface area contributed by atoms with Crippen molar-refractivity contribution in [2.75, 3.05) is 4.90 Å². The highest BCUT2D eigenvalue weighted by Crippen LogP contribution is 2.49. The van der Waals surface area contributed by atoms with Crippen LogP contribution < -0.4 is 4.90 Å². The van der Waals surface area contributed by atoms with E-state index in [1.807, 2.05) is 6.07 Å². The molecular formula is C64H42N2O. The van der Waals surface area contributed by atoms with Gasteiger partial charge in [-0.05, 0) is 111 Å². The third kappa shape index (κ3) is 6.43. The standard InChI is InChI=1S/C64H42N2O/c1-3-18-44(19-4-1)49-28-15-20-45-21-16-29-53(63(45)49)50-24-7-11-31-57(50)66(58-32-12-8-25-51(58)54-30-17-35-62-64(54)55-27-10-14-34-61(55)67-62)48-39-36-43(37-40-48)46-38-41-60-56(42-46)52-26-9-13-33-59(52)65(60)47-22-5-2-6-23-47/h1-42H. The Hall–Kier alpha value is -8.92. The van der Waals surface area contributed by atoms with Gasteiger partial charge in [0.1, 0.15) is 11.2 Å². The number of hydrogen-bond acceptors (Lipinski definition) is 2. The van der Waals surface area contributed by atoms with Crippen LogP contribution in [0.3, 0.4) is 0 Å². The fourth-order valence-electron chi connectivity index (χ4n) is 10.4. The van der Waals surface area contributed by atoms with E-state index in [0.29, 0.717) is 0 Å². The van der Waals surface area contributed by atoms with Gasteiger partial charge in [0.2, 0.25) is 0 Å². The van der Waals surface area contributed by atoms with E-state index in [4.69, 9.17) is 4.42 Å². The van der Waals surface area contributed by atoms with Gasteiger partial charge < -0.3 is 13.9 Å². The molecule has 3 heteroatoms. The second-order valence-electron chi connectivity index (χ2n) is 17.2. The van der Waals surface area contributed by atoms with E-state index in [1.54, 1.807) is 0 Å². The summed E-state index contributed by atoms with van der Waals surface area (Å²) in [5.41, 5.74) is 17.8. The molecule has 2 aromatic heterocycles. The molecule has 13 rings (SSSR count). The van der Waals surface area contributed by atoms with Gasteiger partial charge in [0.15, 0.2) is 0 Å². The summed E-state index contributed by atoms with van der Waals surface area (Å²) in [5, 5.41) is 7.12. The van der Waals surface area contributed by atoms with Crippen molar-refractivity contribution in [3.8, 4) is 50.2 Å². The molecule has 0 spiro atoms. The van der Waals surface area contributed by atoms with Gasteiger partial charge in [-0.25, -0.2) is 0 Å². The van der Waals surface area contributed by atoms with Crippen LogP contribution in [-0.2, 0) is 0 Å². The Morgan fingerprint density at radius 2 is 0.851 bits per heavy atom. The SMILES string of the molecule is c1ccc(-c2cccc3cccc(-c4ccccc4N(c4ccc(-c5ccc6c(c5)c5ccccc5n6-c5ccccc5)cc4)c4ccccc4-c4cccc5oc6ccccc6c45)c23)cc1. The Labute approximate surface area is 388 Å². The lowest BCUT2D eigenvalue weighted by molar-refractivity contribution is 0.669. The van der Waals surface area contributed by atoms with Crippen molar-refractivity contribution in [1.29, 1.82) is 0 Å². The minimum atomic E-state index is 0.873. The van der Waals surface area contributed by atoms with E-state index in [9.17, 15) is 0 Å². The Morgan fingerprint density at radius 3 is 1.60 bits per heavy atom. The summed E-state index contributed by atoms with van der Waals surface area (Å²) in [4.78, 5) is 2.45. The fraction of sp³-hybridized carbons (Fsp3) is 0. The van der Waals surface area contributed by atoms with Crippen LogP contribution >= 0.6 is 0 Å². The van der Waals surface area contributed by atoms with Crippen molar-refractivity contribution < 1.29 is 4.42 Å². The third-order valence-corrected chi connectivity index (χ3v) is 13.4. The summed E-state index contributed by atoms with van der Waals surface area (Å²) in [6, 6.07) is 92.0. The second kappa shape index (κ2) is 16.0. The molecule has 0 atom stereocenters. The molecule has 0 amide bonds. The Morgan fingerprint density at radius 1 is 0.313 bits per heavy atom. The molecule has 0 bridgehead atoms. The minimum Gasteiger partial charge on any atom is -0.456 e. The maximum Gasteiger partial charge on any atom is 0.136 e. The van der Waals surface area contributed by atoms with Gasteiger partial charge >= 0.3 is 0 Å². The van der Waals surface area contributed by atoms with E-state index in [1.165, 1.54) is 54.8 Å². The number of anilines is 3. The quantitative estimate of drug-likeness (QED) is 0.152. The highest BCUT2D eigenvalue weighted by molar-refractivity contribution is 6.15. The van der Waals surface area contributed by atoms with Crippen molar-refractivity contribution in [3.05, 3.63) is 255 Å². The van der Waals surface area contributed by atoms with Crippen molar-refractivity contribution >= 4 is 71.6 Å². The van der Waals surface area contributed by atoms with Crippen molar-refractivity contribution in [1.82, 2.24) is 4.57 Å². The topological polar surface area (TPSA) is 21.3 Å². The predicted molar refractivity (Wildman–Crippen MR) is 282 cm³/mol. The summed E-state index contributed by atoms with van der Waals surface area (Å²) < 4.78 is 8.84. The first-order chi connectivity index (χ1) is 33.3. The summed E-state index contributed by atoms with van der Waals surface area (Å²) in [6.45, 7) is 0. The van der Waals surface area contributed by atoms with Crippen LogP contribution in [0.15, 0.2) is 259 Å². The maximum atomic E-state index is 6.46. The number of aromatic nitrogens is 1. The number of para-hydroxylation sites is 5. The summed E-state index contributed by atoms with van der Waals surface area (Å²) in [5.74, 6) is 0. The van der Waals surface area contributed by atoms with E-state index in [2.05, 4.69) is 258 Å². The molecule has 13 aromatic rings. The molecule has 67 heavy (non-hydrogen) atoms. The molecule has 0 saturated carbocycles. The number of hydrogen-bond donors (Lipinski definition) is 0. The zero-order valence-corrected chi connectivity index (χ0v) is 36.6. The normalized spacial score (nSPS) is 11.6. The van der Waals surface area contributed by atoms with E-state index < -0.39 is 0 Å². The number of nitrogens with zero attached hydrogens (tertiary/aromatic N) is 2. The van der Waals surface area contributed by atoms with Crippen molar-refractivity contribution in [2.24, 2.45) is 0 Å². The molecule has 2 heterocycles. The monoisotopic (exact) mass is 854 g/mol. The Balaban J connectivity index is 1.02. The lowest BCUT2D eigenvalue weighted by Gasteiger charge is -2.30. The molecule has 0 radical (unpaired) electrons. The number of fused-ring (bicyclic) bond motifs is 7. The lowest BCUT2D eigenvalue weighted by atomic mass is 9.90. The van der Waals surface area contributed by atoms with Crippen LogP contribution in [0, 0.1) is 0 Å². The van der Waals surface area contributed by atoms with E-state index >= 15 is 0 Å². The highest BCUT2D eigenvalue weighted by atomic mass is 16.3. The van der Waals surface area contributed by atoms with E-state index in [-0.39, 0.29) is 0 Å². The molecule has 0 N–H and O–H groups in total. The molecular weight excluding hydrogens is 813 g/mol. The first kappa shape index (κ1) is 38.5. The summed E-state index contributed by atoms with van der Waals surface area (Å²) in [6.07, 6.45) is 0. The first-order valence-corrected chi connectivity index (χ1v) is 22.9. The van der Waals surface area contributed by atoms with Crippen molar-refractivity contribution in [3.63, 3.8) is 0 Å². The van der Waals surface area contributed by atoms with Gasteiger partial charge in [0.25, 0.3) is 0 Å². The average Bonchev–Trinajstić information content (AvgIpc) is 3.95. The molecule has 0 aliphatic rings. The van der Waals surface area contributed by atoms with Crippen LogP contribution in [0.1, 0.15) is 0 Å². The average molecular weight is 855 g/mol. The molecule has 0 unspecified atom stereocenters. The highest BCUT2D eigenvalue weighted by Gasteiger charge is 2.24. The van der Waals surface area contributed by atoms with Crippen LogP contribution in [0.2, 0.25) is 0 Å². The van der Waals surface area contributed by atoms with Crippen LogP contribution in [0.5, 0.6) is 0 Å². The summed E-state index contributed by atoms with van der Waals surface area (Å²) in [7, 11) is 0. The van der Waals surface area contributed by atoms with E-state index in [0.717, 1.165) is 66.9 Å². The smallest absolute Gasteiger partial charge is 0.136 e. The number of benzene rings is 11. The number of furan rings is 1. The van der Waals surface area contributed by atoms with Crippen LogP contribution in [-0.4, -0.2) is 4.57 Å². The molecule has 0 aliphatic carbocycles. The minimum absolute atomic E-state index is 0.873. The number of rotatable bonds is 8. The van der Waals surface area contributed by atoms with Crippen LogP contribution in [0.25, 0.3) is 105 Å². The molecule has 0 fully saturated rings. The maximum absolute atomic E-state index is 6.46. The Kier molecular flexibility index (Phi) is 9.17. The molecule has 11 aromatic carbocycles. The zero-order valence-electron chi connectivity index (χ0n) is 36.6. The first-order valence-electron chi connectivity index (χ1n) is 22.9. The fourth-order valence-corrected chi connectivity index (χ4v) is 10.4. The Bertz CT molecular complexity index is 3970.